The predicted molar refractivity (Wildman–Crippen MR) is 79.7 cm³/mol. The van der Waals surface area contributed by atoms with E-state index in [1.54, 1.807) is 30.2 Å². The number of amides is 1. The number of pyridine rings is 1. The number of hydrogen-bond acceptors (Lipinski definition) is 5. The van der Waals surface area contributed by atoms with Crippen LogP contribution in [-0.2, 0) is 16.1 Å². The van der Waals surface area contributed by atoms with Gasteiger partial charge in [-0.2, -0.15) is 0 Å². The lowest BCUT2D eigenvalue weighted by molar-refractivity contribution is -0.125. The summed E-state index contributed by atoms with van der Waals surface area (Å²) in [4.78, 5) is 30.8. The van der Waals surface area contributed by atoms with Gasteiger partial charge in [0.1, 0.15) is 0 Å². The highest BCUT2D eigenvalue weighted by Crippen LogP contribution is 2.04. The summed E-state index contributed by atoms with van der Waals surface area (Å²) in [5, 5.41) is 0. The van der Waals surface area contributed by atoms with E-state index in [9.17, 15) is 9.59 Å². The average Bonchev–Trinajstić information content (AvgIpc) is 2.46. The van der Waals surface area contributed by atoms with Crippen molar-refractivity contribution in [3.63, 3.8) is 0 Å². The van der Waals surface area contributed by atoms with Crippen molar-refractivity contribution in [2.24, 2.45) is 0 Å². The first-order valence-electron chi connectivity index (χ1n) is 6.53. The molecule has 114 valence electrons. The van der Waals surface area contributed by atoms with Gasteiger partial charge in [-0.25, -0.2) is 4.79 Å². The monoisotopic (exact) mass is 291 g/mol. The Hall–Kier alpha value is -2.21. The van der Waals surface area contributed by atoms with Crippen molar-refractivity contribution in [3.8, 4) is 0 Å². The maximum Gasteiger partial charge on any atom is 0.339 e. The van der Waals surface area contributed by atoms with Gasteiger partial charge in [0.15, 0.2) is 0 Å². The molecule has 1 amide bonds. The number of rotatable bonds is 6. The first-order chi connectivity index (χ1) is 9.93. The van der Waals surface area contributed by atoms with Gasteiger partial charge in [-0.05, 0) is 26.2 Å². The lowest BCUT2D eigenvalue weighted by Crippen LogP contribution is -2.25. The van der Waals surface area contributed by atoms with Crippen LogP contribution in [0.2, 0.25) is 0 Å². The number of hydrogen-bond donors (Lipinski definition) is 0. The summed E-state index contributed by atoms with van der Waals surface area (Å²) in [6, 6.07) is 3.34. The highest BCUT2D eigenvalue weighted by molar-refractivity contribution is 5.89. The number of carbonyl (C=O) groups is 2. The standard InChI is InChI=1S/C15H21N3O3/c1-17(2)9-5-6-14(19)18(3)11-13-8-7-12(10-16-13)15(20)21-4/h5-8,10H,9,11H2,1-4H3/b6-5+. The average molecular weight is 291 g/mol. The van der Waals surface area contributed by atoms with Crippen LogP contribution in [0.4, 0.5) is 0 Å². The first-order valence-corrected chi connectivity index (χ1v) is 6.53. The van der Waals surface area contributed by atoms with Crippen LogP contribution in [0.15, 0.2) is 30.5 Å². The van der Waals surface area contributed by atoms with Gasteiger partial charge >= 0.3 is 5.97 Å². The van der Waals surface area contributed by atoms with Crippen molar-refractivity contribution in [2.75, 3.05) is 34.8 Å². The molecule has 0 bridgehead atoms. The normalized spacial score (nSPS) is 10.9. The summed E-state index contributed by atoms with van der Waals surface area (Å²) >= 11 is 0. The second-order valence-corrected chi connectivity index (χ2v) is 4.89. The van der Waals surface area contributed by atoms with E-state index in [2.05, 4.69) is 9.72 Å². The van der Waals surface area contributed by atoms with Crippen molar-refractivity contribution in [1.82, 2.24) is 14.8 Å². The van der Waals surface area contributed by atoms with E-state index in [4.69, 9.17) is 0 Å². The summed E-state index contributed by atoms with van der Waals surface area (Å²) in [6.45, 7) is 1.10. The van der Waals surface area contributed by atoms with E-state index in [0.29, 0.717) is 24.3 Å². The summed E-state index contributed by atoms with van der Waals surface area (Å²) in [7, 11) is 6.90. The van der Waals surface area contributed by atoms with Crippen LogP contribution in [0.5, 0.6) is 0 Å². The van der Waals surface area contributed by atoms with Crippen molar-refractivity contribution in [3.05, 3.63) is 41.7 Å². The summed E-state index contributed by atoms with van der Waals surface area (Å²) < 4.78 is 4.60. The Balaban J connectivity index is 2.58. The summed E-state index contributed by atoms with van der Waals surface area (Å²) in [6.07, 6.45) is 4.80. The predicted octanol–water partition coefficient (Wildman–Crippen LogP) is 0.944. The smallest absolute Gasteiger partial charge is 0.339 e. The van der Waals surface area contributed by atoms with Gasteiger partial charge in [0.2, 0.25) is 5.91 Å². The minimum absolute atomic E-state index is 0.0873. The molecular formula is C15H21N3O3. The molecule has 1 rings (SSSR count). The molecule has 0 fully saturated rings. The molecule has 6 nitrogen and oxygen atoms in total. The highest BCUT2D eigenvalue weighted by Gasteiger charge is 2.09. The molecule has 0 aliphatic rings. The minimum Gasteiger partial charge on any atom is -0.465 e. The van der Waals surface area contributed by atoms with Crippen molar-refractivity contribution >= 4 is 11.9 Å². The quantitative estimate of drug-likeness (QED) is 0.577. The van der Waals surface area contributed by atoms with Gasteiger partial charge in [-0.15, -0.1) is 0 Å². The van der Waals surface area contributed by atoms with E-state index in [1.165, 1.54) is 13.3 Å². The minimum atomic E-state index is -0.426. The van der Waals surface area contributed by atoms with Gasteiger partial charge in [0.25, 0.3) is 0 Å². The van der Waals surface area contributed by atoms with E-state index >= 15 is 0 Å². The Morgan fingerprint density at radius 3 is 2.52 bits per heavy atom. The lowest BCUT2D eigenvalue weighted by Gasteiger charge is -2.14. The maximum atomic E-state index is 11.9. The third-order valence-corrected chi connectivity index (χ3v) is 2.75. The van der Waals surface area contributed by atoms with Gasteiger partial charge in [0.05, 0.1) is 24.9 Å². The largest absolute Gasteiger partial charge is 0.465 e. The molecule has 1 heterocycles. The number of ether oxygens (including phenoxy) is 1. The zero-order valence-electron chi connectivity index (χ0n) is 12.9. The molecular weight excluding hydrogens is 270 g/mol. The zero-order valence-corrected chi connectivity index (χ0v) is 12.9. The van der Waals surface area contributed by atoms with Crippen LogP contribution in [0.1, 0.15) is 16.1 Å². The Labute approximate surface area is 125 Å². The molecule has 6 heteroatoms. The number of esters is 1. The SMILES string of the molecule is COC(=O)c1ccc(CN(C)C(=O)/C=C/CN(C)C)nc1. The van der Waals surface area contributed by atoms with Crippen molar-refractivity contribution in [1.29, 1.82) is 0 Å². The third-order valence-electron chi connectivity index (χ3n) is 2.75. The molecule has 1 aromatic heterocycles. The highest BCUT2D eigenvalue weighted by atomic mass is 16.5. The molecule has 0 N–H and O–H groups in total. The molecule has 0 spiro atoms. The lowest BCUT2D eigenvalue weighted by atomic mass is 10.2. The van der Waals surface area contributed by atoms with Crippen LogP contribution >= 0.6 is 0 Å². The molecule has 0 radical (unpaired) electrons. The van der Waals surface area contributed by atoms with Crippen LogP contribution in [-0.4, -0.2) is 61.5 Å². The number of carbonyl (C=O) groups excluding carboxylic acids is 2. The molecule has 1 aromatic rings. The fourth-order valence-corrected chi connectivity index (χ4v) is 1.57. The Kier molecular flexibility index (Phi) is 6.55. The van der Waals surface area contributed by atoms with E-state index in [0.717, 1.165) is 0 Å². The van der Waals surface area contributed by atoms with Crippen LogP contribution in [0.3, 0.4) is 0 Å². The van der Waals surface area contributed by atoms with E-state index in [1.807, 2.05) is 25.1 Å². The van der Waals surface area contributed by atoms with Gasteiger partial charge in [-0.3, -0.25) is 9.78 Å². The Morgan fingerprint density at radius 1 is 1.29 bits per heavy atom. The maximum absolute atomic E-state index is 11.9. The molecule has 0 saturated heterocycles. The fraction of sp³-hybridized carbons (Fsp3) is 0.400. The topological polar surface area (TPSA) is 62.7 Å². The number of methoxy groups -OCH3 is 1. The fourth-order valence-electron chi connectivity index (χ4n) is 1.57. The van der Waals surface area contributed by atoms with E-state index in [-0.39, 0.29) is 5.91 Å². The third kappa shape index (κ3) is 5.74. The Morgan fingerprint density at radius 2 is 2.00 bits per heavy atom. The second-order valence-electron chi connectivity index (χ2n) is 4.89. The van der Waals surface area contributed by atoms with E-state index < -0.39 is 5.97 Å². The number of aromatic nitrogens is 1. The molecule has 0 unspecified atom stereocenters. The number of nitrogens with zero attached hydrogens (tertiary/aromatic N) is 3. The second kappa shape index (κ2) is 8.16. The Bertz CT molecular complexity index is 509. The van der Waals surface area contributed by atoms with Crippen LogP contribution in [0.25, 0.3) is 0 Å². The number of likely N-dealkylation sites (N-methyl/N-ethyl adjacent to an activating group) is 2. The van der Waals surface area contributed by atoms with Gasteiger partial charge < -0.3 is 14.5 Å². The van der Waals surface area contributed by atoms with Gasteiger partial charge in [-0.1, -0.05) is 6.08 Å². The zero-order chi connectivity index (χ0) is 15.8. The summed E-state index contributed by atoms with van der Waals surface area (Å²) in [5.74, 6) is -0.513. The molecule has 0 aliphatic carbocycles. The molecule has 0 saturated carbocycles. The summed E-state index contributed by atoms with van der Waals surface area (Å²) in [5.41, 5.74) is 1.10. The molecule has 0 atom stereocenters. The van der Waals surface area contributed by atoms with Crippen molar-refractivity contribution < 1.29 is 14.3 Å². The molecule has 21 heavy (non-hydrogen) atoms. The van der Waals surface area contributed by atoms with Crippen LogP contribution in [0, 0.1) is 0 Å². The van der Waals surface area contributed by atoms with Crippen LogP contribution < -0.4 is 0 Å². The van der Waals surface area contributed by atoms with Crippen molar-refractivity contribution in [2.45, 2.75) is 6.54 Å². The van der Waals surface area contributed by atoms with Gasteiger partial charge in [0, 0.05) is 25.9 Å². The first kappa shape index (κ1) is 16.8. The molecule has 0 aliphatic heterocycles. The molecule has 0 aromatic carbocycles.